The second-order valence-corrected chi connectivity index (χ2v) is 6.73. The zero-order chi connectivity index (χ0) is 20.8. The van der Waals surface area contributed by atoms with Crippen molar-refractivity contribution < 1.29 is 19.1 Å². The summed E-state index contributed by atoms with van der Waals surface area (Å²) in [5.74, 6) is 1.08. The summed E-state index contributed by atoms with van der Waals surface area (Å²) in [7, 11) is 1.57. The van der Waals surface area contributed by atoms with Crippen LogP contribution in [0.1, 0.15) is 22.8 Å². The van der Waals surface area contributed by atoms with E-state index in [1.54, 1.807) is 37.3 Å². The van der Waals surface area contributed by atoms with Crippen molar-refractivity contribution in [1.82, 2.24) is 9.88 Å². The molecule has 1 aliphatic heterocycles. The summed E-state index contributed by atoms with van der Waals surface area (Å²) in [4.78, 5) is 32.7. The highest BCUT2D eigenvalue weighted by Crippen LogP contribution is 2.26. The highest BCUT2D eigenvalue weighted by molar-refractivity contribution is 6.05. The number of piperazine rings is 1. The Kier molecular flexibility index (Phi) is 6.54. The molecule has 1 aromatic heterocycles. The minimum absolute atomic E-state index is 0.234. The first-order valence-electron chi connectivity index (χ1n) is 9.60. The van der Waals surface area contributed by atoms with E-state index >= 15 is 0 Å². The van der Waals surface area contributed by atoms with Crippen LogP contribution < -0.4 is 15.0 Å². The maximum absolute atomic E-state index is 12.8. The molecule has 0 saturated carbocycles. The number of benzene rings is 1. The molecular weight excluding hydrogens is 372 g/mol. The SMILES string of the molecule is CCOC(=O)N1CCN(c2cc(C(=O)Nc3cc(C)ccc3OC)ccn2)CC1. The van der Waals surface area contributed by atoms with Gasteiger partial charge in [0, 0.05) is 37.9 Å². The molecule has 0 bridgehead atoms. The minimum Gasteiger partial charge on any atom is -0.495 e. The van der Waals surface area contributed by atoms with Gasteiger partial charge in [0.15, 0.2) is 0 Å². The number of rotatable bonds is 5. The molecular formula is C21H26N4O4. The predicted molar refractivity (Wildman–Crippen MR) is 111 cm³/mol. The van der Waals surface area contributed by atoms with Gasteiger partial charge in [0.1, 0.15) is 11.6 Å². The van der Waals surface area contributed by atoms with Crippen LogP contribution in [0.2, 0.25) is 0 Å². The Labute approximate surface area is 170 Å². The lowest BCUT2D eigenvalue weighted by molar-refractivity contribution is 0.102. The van der Waals surface area contributed by atoms with Crippen molar-refractivity contribution in [3.05, 3.63) is 47.7 Å². The maximum Gasteiger partial charge on any atom is 0.409 e. The van der Waals surface area contributed by atoms with Gasteiger partial charge in [-0.15, -0.1) is 0 Å². The summed E-state index contributed by atoms with van der Waals surface area (Å²) >= 11 is 0. The minimum atomic E-state index is -0.291. The molecule has 1 aromatic carbocycles. The van der Waals surface area contributed by atoms with E-state index in [0.717, 1.165) is 5.56 Å². The highest BCUT2D eigenvalue weighted by atomic mass is 16.6. The summed E-state index contributed by atoms with van der Waals surface area (Å²) in [5.41, 5.74) is 2.15. The van der Waals surface area contributed by atoms with E-state index in [0.29, 0.717) is 55.6 Å². The maximum atomic E-state index is 12.8. The van der Waals surface area contributed by atoms with Crippen molar-refractivity contribution in [3.8, 4) is 5.75 Å². The number of nitrogens with one attached hydrogen (secondary N) is 1. The molecule has 2 heterocycles. The van der Waals surface area contributed by atoms with Crippen molar-refractivity contribution in [1.29, 1.82) is 0 Å². The van der Waals surface area contributed by atoms with Crippen LogP contribution >= 0.6 is 0 Å². The predicted octanol–water partition coefficient (Wildman–Crippen LogP) is 2.93. The molecule has 0 unspecified atom stereocenters. The number of hydrogen-bond acceptors (Lipinski definition) is 6. The van der Waals surface area contributed by atoms with Crippen LogP contribution in [0, 0.1) is 6.92 Å². The Morgan fingerprint density at radius 1 is 1.14 bits per heavy atom. The lowest BCUT2D eigenvalue weighted by Crippen LogP contribution is -2.49. The van der Waals surface area contributed by atoms with Gasteiger partial charge in [-0.05, 0) is 43.7 Å². The van der Waals surface area contributed by atoms with E-state index in [1.807, 2.05) is 25.1 Å². The van der Waals surface area contributed by atoms with Crippen LogP contribution in [-0.2, 0) is 4.74 Å². The molecule has 1 saturated heterocycles. The van der Waals surface area contributed by atoms with Crippen LogP contribution in [0.5, 0.6) is 5.75 Å². The van der Waals surface area contributed by atoms with Gasteiger partial charge in [0.05, 0.1) is 19.4 Å². The van der Waals surface area contributed by atoms with Crippen LogP contribution in [0.25, 0.3) is 0 Å². The fraction of sp³-hybridized carbons (Fsp3) is 0.381. The van der Waals surface area contributed by atoms with Crippen molar-refractivity contribution in [2.45, 2.75) is 13.8 Å². The van der Waals surface area contributed by atoms with Gasteiger partial charge >= 0.3 is 6.09 Å². The van der Waals surface area contributed by atoms with Crippen LogP contribution in [-0.4, -0.2) is 61.8 Å². The number of aryl methyl sites for hydroxylation is 1. The number of anilines is 2. The number of nitrogens with zero attached hydrogens (tertiary/aromatic N) is 3. The first-order chi connectivity index (χ1) is 14.0. The largest absolute Gasteiger partial charge is 0.495 e. The molecule has 0 spiro atoms. The van der Waals surface area contributed by atoms with E-state index in [9.17, 15) is 9.59 Å². The van der Waals surface area contributed by atoms with Crippen LogP contribution in [0.15, 0.2) is 36.5 Å². The number of carbonyl (C=O) groups excluding carboxylic acids is 2. The molecule has 0 atom stereocenters. The molecule has 1 aliphatic rings. The topological polar surface area (TPSA) is 84.0 Å². The van der Waals surface area contributed by atoms with Crippen molar-refractivity contribution in [2.24, 2.45) is 0 Å². The third-order valence-electron chi connectivity index (χ3n) is 4.74. The summed E-state index contributed by atoms with van der Waals surface area (Å²) < 4.78 is 10.4. The fourth-order valence-electron chi connectivity index (χ4n) is 3.18. The molecule has 3 rings (SSSR count). The molecule has 2 amide bonds. The van der Waals surface area contributed by atoms with Gasteiger partial charge in [0.2, 0.25) is 0 Å². The molecule has 0 radical (unpaired) electrons. The molecule has 154 valence electrons. The number of hydrogen-bond donors (Lipinski definition) is 1. The zero-order valence-electron chi connectivity index (χ0n) is 17.0. The normalized spacial score (nSPS) is 13.8. The van der Waals surface area contributed by atoms with Crippen molar-refractivity contribution in [3.63, 3.8) is 0 Å². The Morgan fingerprint density at radius 2 is 1.90 bits per heavy atom. The molecule has 1 N–H and O–H groups in total. The summed E-state index contributed by atoms with van der Waals surface area (Å²) in [5, 5.41) is 2.91. The average molecular weight is 398 g/mol. The standard InChI is InChI=1S/C21H26N4O4/c1-4-29-21(27)25-11-9-24(10-12-25)19-14-16(7-8-22-19)20(26)23-17-13-15(2)5-6-18(17)28-3/h5-8,13-14H,4,9-12H2,1-3H3,(H,23,26). The summed E-state index contributed by atoms with van der Waals surface area (Å²) in [6.45, 7) is 6.47. The number of ether oxygens (including phenoxy) is 2. The lowest BCUT2D eigenvalue weighted by atomic mass is 10.2. The van der Waals surface area contributed by atoms with E-state index in [2.05, 4.69) is 15.2 Å². The van der Waals surface area contributed by atoms with Crippen molar-refractivity contribution >= 4 is 23.5 Å². The summed E-state index contributed by atoms with van der Waals surface area (Å²) in [6, 6.07) is 9.06. The zero-order valence-corrected chi connectivity index (χ0v) is 17.0. The van der Waals surface area contributed by atoms with E-state index in [-0.39, 0.29) is 12.0 Å². The number of pyridine rings is 1. The van der Waals surface area contributed by atoms with Crippen LogP contribution in [0.4, 0.5) is 16.3 Å². The van der Waals surface area contributed by atoms with Gasteiger partial charge in [-0.25, -0.2) is 9.78 Å². The van der Waals surface area contributed by atoms with E-state index < -0.39 is 0 Å². The Morgan fingerprint density at radius 3 is 2.59 bits per heavy atom. The number of amides is 2. The number of aromatic nitrogens is 1. The van der Waals surface area contributed by atoms with Gasteiger partial charge in [0.25, 0.3) is 5.91 Å². The van der Waals surface area contributed by atoms with Gasteiger partial charge in [-0.1, -0.05) is 6.07 Å². The lowest BCUT2D eigenvalue weighted by Gasteiger charge is -2.34. The fourth-order valence-corrected chi connectivity index (χ4v) is 3.18. The Balaban J connectivity index is 1.68. The average Bonchev–Trinajstić information content (AvgIpc) is 2.74. The second-order valence-electron chi connectivity index (χ2n) is 6.73. The number of carbonyl (C=O) groups is 2. The Hall–Kier alpha value is -3.29. The molecule has 0 aliphatic carbocycles. The molecule has 1 fully saturated rings. The van der Waals surface area contributed by atoms with E-state index in [4.69, 9.17) is 9.47 Å². The second kappa shape index (κ2) is 9.27. The highest BCUT2D eigenvalue weighted by Gasteiger charge is 2.23. The Bertz CT molecular complexity index is 879. The third kappa shape index (κ3) is 4.96. The van der Waals surface area contributed by atoms with Gasteiger partial charge in [-0.3, -0.25) is 4.79 Å². The van der Waals surface area contributed by atoms with Crippen LogP contribution in [0.3, 0.4) is 0 Å². The molecule has 29 heavy (non-hydrogen) atoms. The first kappa shape index (κ1) is 20.4. The molecule has 2 aromatic rings. The quantitative estimate of drug-likeness (QED) is 0.834. The van der Waals surface area contributed by atoms with Crippen molar-refractivity contribution in [2.75, 3.05) is 50.1 Å². The third-order valence-corrected chi connectivity index (χ3v) is 4.74. The summed E-state index contributed by atoms with van der Waals surface area (Å²) in [6.07, 6.45) is 1.33. The number of methoxy groups -OCH3 is 1. The van der Waals surface area contributed by atoms with E-state index in [1.165, 1.54) is 0 Å². The monoisotopic (exact) mass is 398 g/mol. The molecule has 8 heteroatoms. The smallest absolute Gasteiger partial charge is 0.409 e. The van der Waals surface area contributed by atoms with Gasteiger partial charge < -0.3 is 24.6 Å². The first-order valence-corrected chi connectivity index (χ1v) is 9.60. The van der Waals surface area contributed by atoms with Gasteiger partial charge in [-0.2, -0.15) is 0 Å². The molecule has 8 nitrogen and oxygen atoms in total.